The summed E-state index contributed by atoms with van der Waals surface area (Å²) < 4.78 is 1.74. The fourth-order valence-electron chi connectivity index (χ4n) is 2.70. The second-order valence-electron chi connectivity index (χ2n) is 5.25. The van der Waals surface area contributed by atoms with E-state index in [1.54, 1.807) is 10.9 Å². The summed E-state index contributed by atoms with van der Waals surface area (Å²) in [6.45, 7) is 2.11. The maximum atomic E-state index is 12.9. The van der Waals surface area contributed by atoms with Crippen LogP contribution >= 0.6 is 15.9 Å². The Hall–Kier alpha value is -1.94. The highest BCUT2D eigenvalue weighted by Crippen LogP contribution is 2.28. The van der Waals surface area contributed by atoms with Gasteiger partial charge in [0.15, 0.2) is 0 Å². The highest BCUT2D eigenvalue weighted by atomic mass is 79.9. The van der Waals surface area contributed by atoms with Crippen molar-refractivity contribution in [3.05, 3.63) is 76.8 Å². The van der Waals surface area contributed by atoms with Gasteiger partial charge in [-0.1, -0.05) is 65.3 Å². The SMILES string of the molecule is CCC(Br)C(c1ccccc1)n1cnc2ccccc2c1=O. The molecule has 22 heavy (non-hydrogen) atoms. The molecular formula is C18H17BrN2O. The van der Waals surface area contributed by atoms with Gasteiger partial charge in [-0.05, 0) is 24.1 Å². The molecular weight excluding hydrogens is 340 g/mol. The normalized spacial score (nSPS) is 13.9. The number of hydrogen-bond acceptors (Lipinski definition) is 2. The number of rotatable bonds is 4. The first-order valence-electron chi connectivity index (χ1n) is 7.37. The number of benzene rings is 2. The Bertz CT molecular complexity index is 829. The molecule has 0 amide bonds. The summed E-state index contributed by atoms with van der Waals surface area (Å²) in [6, 6.07) is 17.5. The maximum Gasteiger partial charge on any atom is 0.261 e. The van der Waals surface area contributed by atoms with Crippen LogP contribution in [0.25, 0.3) is 10.9 Å². The summed E-state index contributed by atoms with van der Waals surface area (Å²) in [5.74, 6) is 0. The summed E-state index contributed by atoms with van der Waals surface area (Å²) in [7, 11) is 0. The van der Waals surface area contributed by atoms with Crippen LogP contribution in [0.1, 0.15) is 24.9 Å². The number of para-hydroxylation sites is 1. The first-order valence-corrected chi connectivity index (χ1v) is 8.29. The zero-order valence-corrected chi connectivity index (χ0v) is 13.9. The third-order valence-electron chi connectivity index (χ3n) is 3.86. The van der Waals surface area contributed by atoms with Gasteiger partial charge in [-0.3, -0.25) is 9.36 Å². The highest BCUT2D eigenvalue weighted by molar-refractivity contribution is 9.09. The number of hydrogen-bond donors (Lipinski definition) is 0. The second kappa shape index (κ2) is 6.44. The standard InChI is InChI=1S/C18H17BrN2O/c1-2-15(19)17(13-8-4-3-5-9-13)21-12-20-16-11-7-6-10-14(16)18(21)22/h3-12,15,17H,2H2,1H3. The van der Waals surface area contributed by atoms with Crippen LogP contribution in [0.2, 0.25) is 0 Å². The molecule has 0 saturated carbocycles. The molecule has 2 aromatic carbocycles. The van der Waals surface area contributed by atoms with Gasteiger partial charge in [-0.15, -0.1) is 0 Å². The minimum atomic E-state index is -0.0733. The van der Waals surface area contributed by atoms with Crippen LogP contribution < -0.4 is 5.56 Å². The van der Waals surface area contributed by atoms with Crippen molar-refractivity contribution in [2.75, 3.05) is 0 Å². The van der Waals surface area contributed by atoms with Crippen LogP contribution in [0.15, 0.2) is 65.7 Å². The fraction of sp³-hybridized carbons (Fsp3) is 0.222. The van der Waals surface area contributed by atoms with Crippen molar-refractivity contribution in [3.8, 4) is 0 Å². The second-order valence-corrected chi connectivity index (χ2v) is 6.43. The molecule has 4 heteroatoms. The van der Waals surface area contributed by atoms with Crippen LogP contribution in [0.5, 0.6) is 0 Å². The smallest absolute Gasteiger partial charge is 0.261 e. The number of alkyl halides is 1. The van der Waals surface area contributed by atoms with Crippen molar-refractivity contribution in [1.29, 1.82) is 0 Å². The first kappa shape index (κ1) is 15.0. The fourth-order valence-corrected chi connectivity index (χ4v) is 3.26. The van der Waals surface area contributed by atoms with E-state index in [1.807, 2.05) is 42.5 Å². The van der Waals surface area contributed by atoms with E-state index in [0.717, 1.165) is 17.5 Å². The topological polar surface area (TPSA) is 34.9 Å². The molecule has 0 aliphatic rings. The van der Waals surface area contributed by atoms with Crippen molar-refractivity contribution in [2.24, 2.45) is 0 Å². The van der Waals surface area contributed by atoms with Crippen molar-refractivity contribution in [1.82, 2.24) is 9.55 Å². The largest absolute Gasteiger partial charge is 0.290 e. The van der Waals surface area contributed by atoms with Gasteiger partial charge in [0, 0.05) is 4.83 Å². The minimum absolute atomic E-state index is 0.00245. The summed E-state index contributed by atoms with van der Waals surface area (Å²) in [4.78, 5) is 17.5. The van der Waals surface area contributed by atoms with E-state index < -0.39 is 0 Å². The molecule has 0 fully saturated rings. The summed E-state index contributed by atoms with van der Waals surface area (Å²) in [6.07, 6.45) is 2.57. The zero-order chi connectivity index (χ0) is 15.5. The molecule has 1 heterocycles. The average Bonchev–Trinajstić information content (AvgIpc) is 2.58. The maximum absolute atomic E-state index is 12.9. The zero-order valence-electron chi connectivity index (χ0n) is 12.3. The molecule has 0 aliphatic heterocycles. The third-order valence-corrected chi connectivity index (χ3v) is 5.01. The molecule has 0 bridgehead atoms. The molecule has 1 aromatic heterocycles. The Morgan fingerprint density at radius 3 is 2.50 bits per heavy atom. The molecule has 0 spiro atoms. The molecule has 0 saturated heterocycles. The lowest BCUT2D eigenvalue weighted by molar-refractivity contribution is 0.533. The monoisotopic (exact) mass is 356 g/mol. The lowest BCUT2D eigenvalue weighted by atomic mass is 10.0. The van der Waals surface area contributed by atoms with Gasteiger partial charge in [0.05, 0.1) is 23.3 Å². The van der Waals surface area contributed by atoms with Crippen LogP contribution in [-0.2, 0) is 0 Å². The van der Waals surface area contributed by atoms with E-state index in [0.29, 0.717) is 5.39 Å². The summed E-state index contributed by atoms with van der Waals surface area (Å²) in [5, 5.41) is 0.654. The van der Waals surface area contributed by atoms with Crippen molar-refractivity contribution >= 4 is 26.8 Å². The molecule has 3 aromatic rings. The van der Waals surface area contributed by atoms with Crippen LogP contribution in [0, 0.1) is 0 Å². The third kappa shape index (κ3) is 2.71. The molecule has 3 rings (SSSR count). The van der Waals surface area contributed by atoms with Crippen LogP contribution in [0.3, 0.4) is 0 Å². The Morgan fingerprint density at radius 2 is 1.77 bits per heavy atom. The van der Waals surface area contributed by atoms with Crippen LogP contribution in [-0.4, -0.2) is 14.4 Å². The van der Waals surface area contributed by atoms with Crippen molar-refractivity contribution < 1.29 is 0 Å². The number of aromatic nitrogens is 2. The Morgan fingerprint density at radius 1 is 1.09 bits per heavy atom. The minimum Gasteiger partial charge on any atom is -0.290 e. The molecule has 2 atom stereocenters. The van der Waals surface area contributed by atoms with E-state index in [1.165, 1.54) is 0 Å². The lowest BCUT2D eigenvalue weighted by Crippen LogP contribution is -2.30. The van der Waals surface area contributed by atoms with Gasteiger partial charge in [0.1, 0.15) is 0 Å². The van der Waals surface area contributed by atoms with Crippen molar-refractivity contribution in [3.63, 3.8) is 0 Å². The van der Waals surface area contributed by atoms with E-state index in [-0.39, 0.29) is 16.4 Å². The number of nitrogens with zero attached hydrogens (tertiary/aromatic N) is 2. The van der Waals surface area contributed by atoms with E-state index in [9.17, 15) is 4.79 Å². The predicted molar refractivity (Wildman–Crippen MR) is 93.6 cm³/mol. The van der Waals surface area contributed by atoms with Crippen molar-refractivity contribution in [2.45, 2.75) is 24.2 Å². The van der Waals surface area contributed by atoms with Gasteiger partial charge in [-0.2, -0.15) is 0 Å². The van der Waals surface area contributed by atoms with Gasteiger partial charge < -0.3 is 0 Å². The quantitative estimate of drug-likeness (QED) is 0.657. The highest BCUT2D eigenvalue weighted by Gasteiger charge is 2.23. The molecule has 2 unspecified atom stereocenters. The lowest BCUT2D eigenvalue weighted by Gasteiger charge is -2.24. The predicted octanol–water partition coefficient (Wildman–Crippen LogP) is 4.16. The Balaban J connectivity index is 2.21. The summed E-state index contributed by atoms with van der Waals surface area (Å²) >= 11 is 3.73. The molecule has 3 nitrogen and oxygen atoms in total. The van der Waals surface area contributed by atoms with E-state index in [4.69, 9.17) is 0 Å². The number of fused-ring (bicyclic) bond motifs is 1. The average molecular weight is 357 g/mol. The molecule has 0 aliphatic carbocycles. The molecule has 0 radical (unpaired) electrons. The molecule has 112 valence electrons. The van der Waals surface area contributed by atoms with Crippen LogP contribution in [0.4, 0.5) is 0 Å². The number of halogens is 1. The van der Waals surface area contributed by atoms with E-state index >= 15 is 0 Å². The Labute approximate surface area is 137 Å². The van der Waals surface area contributed by atoms with Gasteiger partial charge in [0.2, 0.25) is 0 Å². The Kier molecular flexibility index (Phi) is 4.39. The van der Waals surface area contributed by atoms with E-state index in [2.05, 4.69) is 40.0 Å². The molecule has 0 N–H and O–H groups in total. The van der Waals surface area contributed by atoms with Gasteiger partial charge in [0.25, 0.3) is 5.56 Å². The summed E-state index contributed by atoms with van der Waals surface area (Å²) in [5.41, 5.74) is 1.83. The van der Waals surface area contributed by atoms with Gasteiger partial charge >= 0.3 is 0 Å². The van der Waals surface area contributed by atoms with Gasteiger partial charge in [-0.25, -0.2) is 4.98 Å². The first-order chi connectivity index (χ1) is 10.7.